The Hall–Kier alpha value is -0.610. The van der Waals surface area contributed by atoms with Crippen LogP contribution in [0.1, 0.15) is 40.0 Å². The van der Waals surface area contributed by atoms with E-state index in [1.165, 1.54) is 0 Å². The number of carbonyl (C=O) groups is 1. The predicted octanol–water partition coefficient (Wildman–Crippen LogP) is 2.15. The third kappa shape index (κ3) is 7.67. The van der Waals surface area contributed by atoms with Crippen molar-refractivity contribution in [3.63, 3.8) is 0 Å². The lowest BCUT2D eigenvalue weighted by Crippen LogP contribution is -2.34. The van der Waals surface area contributed by atoms with Gasteiger partial charge in [-0.05, 0) is 60.3 Å². The largest absolute Gasteiger partial charge is 0.481 e. The second kappa shape index (κ2) is 8.48. The summed E-state index contributed by atoms with van der Waals surface area (Å²) in [5.41, 5.74) is -0.598. The maximum absolute atomic E-state index is 11.0. The van der Waals surface area contributed by atoms with Crippen molar-refractivity contribution in [3.8, 4) is 0 Å². The first kappa shape index (κ1) is 17.4. The van der Waals surface area contributed by atoms with Gasteiger partial charge in [-0.2, -0.15) is 0 Å². The molecule has 0 aromatic carbocycles. The van der Waals surface area contributed by atoms with E-state index in [2.05, 4.69) is 30.8 Å². The summed E-state index contributed by atoms with van der Waals surface area (Å²) in [5.74, 6) is -0.696. The monoisotopic (exact) mass is 258 g/mol. The molecule has 1 N–H and O–H groups in total. The Morgan fingerprint density at radius 3 is 2.17 bits per heavy atom. The van der Waals surface area contributed by atoms with E-state index in [4.69, 9.17) is 5.11 Å². The summed E-state index contributed by atoms with van der Waals surface area (Å²) in [6.45, 7) is 10.0. The standard InChI is InChI=1S/C14H30N2O2/c1-6-9-16(12-11-15(4)5)10-7-8-14(2,3)13(17)18/h6-12H2,1-5H3,(H,17,18). The van der Waals surface area contributed by atoms with Crippen molar-refractivity contribution in [2.75, 3.05) is 40.3 Å². The second-order valence-corrected chi connectivity index (χ2v) is 5.94. The van der Waals surface area contributed by atoms with Gasteiger partial charge in [-0.25, -0.2) is 0 Å². The van der Waals surface area contributed by atoms with E-state index < -0.39 is 11.4 Å². The maximum Gasteiger partial charge on any atom is 0.309 e. The van der Waals surface area contributed by atoms with Crippen LogP contribution in [0.15, 0.2) is 0 Å². The van der Waals surface area contributed by atoms with Crippen LogP contribution in [0.2, 0.25) is 0 Å². The molecule has 0 rings (SSSR count). The van der Waals surface area contributed by atoms with Crippen LogP contribution in [0.3, 0.4) is 0 Å². The van der Waals surface area contributed by atoms with Gasteiger partial charge in [-0.15, -0.1) is 0 Å². The molecule has 0 bridgehead atoms. The number of hydrogen-bond acceptors (Lipinski definition) is 3. The summed E-state index contributed by atoms with van der Waals surface area (Å²) in [5, 5.41) is 9.07. The third-order valence-corrected chi connectivity index (χ3v) is 3.26. The predicted molar refractivity (Wildman–Crippen MR) is 75.9 cm³/mol. The highest BCUT2D eigenvalue weighted by Crippen LogP contribution is 2.22. The van der Waals surface area contributed by atoms with Gasteiger partial charge in [0.2, 0.25) is 0 Å². The van der Waals surface area contributed by atoms with Crippen molar-refractivity contribution in [1.29, 1.82) is 0 Å². The van der Waals surface area contributed by atoms with Crippen molar-refractivity contribution in [3.05, 3.63) is 0 Å². The van der Waals surface area contributed by atoms with Crippen molar-refractivity contribution in [2.45, 2.75) is 40.0 Å². The Labute approximate surface area is 112 Å². The maximum atomic E-state index is 11.0. The zero-order valence-electron chi connectivity index (χ0n) is 12.7. The zero-order chi connectivity index (χ0) is 14.2. The summed E-state index contributed by atoms with van der Waals surface area (Å²) in [6, 6.07) is 0. The molecule has 0 radical (unpaired) electrons. The van der Waals surface area contributed by atoms with Crippen LogP contribution in [0.5, 0.6) is 0 Å². The number of carboxylic acid groups (broad SMARTS) is 1. The number of aliphatic carboxylic acids is 1. The lowest BCUT2D eigenvalue weighted by Gasteiger charge is -2.25. The fourth-order valence-electron chi connectivity index (χ4n) is 1.84. The normalized spacial score (nSPS) is 12.4. The van der Waals surface area contributed by atoms with E-state index in [0.29, 0.717) is 0 Å². The van der Waals surface area contributed by atoms with Crippen molar-refractivity contribution >= 4 is 5.97 Å². The van der Waals surface area contributed by atoms with Crippen LogP contribution < -0.4 is 0 Å². The number of rotatable bonds is 10. The molecule has 4 heteroatoms. The number of nitrogens with zero attached hydrogens (tertiary/aromatic N) is 2. The molecule has 0 aromatic rings. The van der Waals surface area contributed by atoms with E-state index in [1.807, 2.05) is 0 Å². The van der Waals surface area contributed by atoms with Gasteiger partial charge >= 0.3 is 5.97 Å². The highest BCUT2D eigenvalue weighted by molar-refractivity contribution is 5.73. The first-order chi connectivity index (χ1) is 8.29. The molecule has 0 heterocycles. The Morgan fingerprint density at radius 2 is 1.72 bits per heavy atom. The van der Waals surface area contributed by atoms with Gasteiger partial charge in [0, 0.05) is 13.1 Å². The quantitative estimate of drug-likeness (QED) is 0.652. The molecule has 4 nitrogen and oxygen atoms in total. The second-order valence-electron chi connectivity index (χ2n) is 5.94. The summed E-state index contributed by atoms with van der Waals surface area (Å²) in [4.78, 5) is 15.6. The molecule has 18 heavy (non-hydrogen) atoms. The van der Waals surface area contributed by atoms with E-state index in [9.17, 15) is 4.79 Å². The van der Waals surface area contributed by atoms with Crippen molar-refractivity contribution in [2.24, 2.45) is 5.41 Å². The van der Waals surface area contributed by atoms with Crippen LogP contribution in [-0.2, 0) is 4.79 Å². The van der Waals surface area contributed by atoms with E-state index in [0.717, 1.165) is 45.4 Å². The average molecular weight is 258 g/mol. The fourth-order valence-corrected chi connectivity index (χ4v) is 1.84. The van der Waals surface area contributed by atoms with Gasteiger partial charge < -0.3 is 14.9 Å². The molecule has 0 unspecified atom stereocenters. The molecule has 0 saturated heterocycles. The van der Waals surface area contributed by atoms with Gasteiger partial charge in [0.25, 0.3) is 0 Å². The topological polar surface area (TPSA) is 43.8 Å². The Bertz CT molecular complexity index is 240. The Balaban J connectivity index is 4.00. The zero-order valence-corrected chi connectivity index (χ0v) is 12.7. The smallest absolute Gasteiger partial charge is 0.309 e. The molecule has 0 atom stereocenters. The Morgan fingerprint density at radius 1 is 1.11 bits per heavy atom. The lowest BCUT2D eigenvalue weighted by atomic mass is 9.88. The first-order valence-corrected chi connectivity index (χ1v) is 6.90. The molecule has 0 amide bonds. The van der Waals surface area contributed by atoms with Crippen LogP contribution in [0.4, 0.5) is 0 Å². The van der Waals surface area contributed by atoms with Gasteiger partial charge in [-0.3, -0.25) is 4.79 Å². The number of carboxylic acids is 1. The molecule has 0 saturated carbocycles. The van der Waals surface area contributed by atoms with E-state index >= 15 is 0 Å². The number of hydrogen-bond donors (Lipinski definition) is 1. The fraction of sp³-hybridized carbons (Fsp3) is 0.929. The minimum atomic E-state index is -0.696. The number of likely N-dealkylation sites (N-methyl/N-ethyl adjacent to an activating group) is 1. The van der Waals surface area contributed by atoms with E-state index in [1.54, 1.807) is 13.8 Å². The highest BCUT2D eigenvalue weighted by atomic mass is 16.4. The van der Waals surface area contributed by atoms with Gasteiger partial charge in [0.05, 0.1) is 5.41 Å². The molecular formula is C14H30N2O2. The third-order valence-electron chi connectivity index (χ3n) is 3.26. The summed E-state index contributed by atoms with van der Waals surface area (Å²) >= 11 is 0. The minimum Gasteiger partial charge on any atom is -0.481 e. The van der Waals surface area contributed by atoms with Gasteiger partial charge in [0.15, 0.2) is 0 Å². The molecule has 0 fully saturated rings. The molecule has 0 aliphatic rings. The average Bonchev–Trinajstić information content (AvgIpc) is 2.25. The van der Waals surface area contributed by atoms with Gasteiger partial charge in [0.1, 0.15) is 0 Å². The molecule has 0 aromatic heterocycles. The molecule has 0 aliphatic heterocycles. The van der Waals surface area contributed by atoms with Crippen LogP contribution in [-0.4, -0.2) is 61.2 Å². The highest BCUT2D eigenvalue weighted by Gasteiger charge is 2.26. The lowest BCUT2D eigenvalue weighted by molar-refractivity contribution is -0.147. The van der Waals surface area contributed by atoms with Crippen molar-refractivity contribution < 1.29 is 9.90 Å². The molecular weight excluding hydrogens is 228 g/mol. The van der Waals surface area contributed by atoms with Crippen LogP contribution in [0, 0.1) is 5.41 Å². The SMILES string of the molecule is CCCN(CCCC(C)(C)C(=O)O)CCN(C)C. The summed E-state index contributed by atoms with van der Waals surface area (Å²) in [7, 11) is 4.16. The molecule has 0 spiro atoms. The Kier molecular flexibility index (Phi) is 8.20. The minimum absolute atomic E-state index is 0.598. The summed E-state index contributed by atoms with van der Waals surface area (Å²) in [6.07, 6.45) is 2.84. The van der Waals surface area contributed by atoms with Gasteiger partial charge in [-0.1, -0.05) is 6.92 Å². The molecule has 108 valence electrons. The van der Waals surface area contributed by atoms with Crippen LogP contribution >= 0.6 is 0 Å². The molecule has 0 aliphatic carbocycles. The van der Waals surface area contributed by atoms with Crippen molar-refractivity contribution in [1.82, 2.24) is 9.80 Å². The van der Waals surface area contributed by atoms with Crippen LogP contribution in [0.25, 0.3) is 0 Å². The summed E-state index contributed by atoms with van der Waals surface area (Å²) < 4.78 is 0. The first-order valence-electron chi connectivity index (χ1n) is 6.90. The van der Waals surface area contributed by atoms with E-state index in [-0.39, 0.29) is 0 Å².